The number of rotatable bonds is 2. The van der Waals surface area contributed by atoms with Crippen LogP contribution in [0.15, 0.2) is 38.5 Å². The second-order valence-corrected chi connectivity index (χ2v) is 4.09. The Kier molecular flexibility index (Phi) is 3.19. The minimum Gasteiger partial charge on any atom is -0.266 e. The van der Waals surface area contributed by atoms with Gasteiger partial charge in [0.05, 0.1) is 6.54 Å². The van der Waals surface area contributed by atoms with Crippen molar-refractivity contribution in [1.82, 2.24) is 14.8 Å². The van der Waals surface area contributed by atoms with E-state index in [9.17, 15) is 14.0 Å². The lowest BCUT2D eigenvalue weighted by Gasteiger charge is -2.04. The van der Waals surface area contributed by atoms with Gasteiger partial charge < -0.3 is 0 Å². The molecule has 2 rings (SSSR count). The van der Waals surface area contributed by atoms with Crippen LogP contribution in [0.25, 0.3) is 0 Å². The number of halogens is 2. The average molecular weight is 300 g/mol. The Balaban J connectivity index is 2.43. The van der Waals surface area contributed by atoms with Gasteiger partial charge in [0, 0.05) is 0 Å². The van der Waals surface area contributed by atoms with Crippen molar-refractivity contribution in [2.45, 2.75) is 6.54 Å². The average Bonchev–Trinajstić information content (AvgIpc) is 2.32. The Morgan fingerprint density at radius 3 is 2.59 bits per heavy atom. The van der Waals surface area contributed by atoms with Crippen LogP contribution in [0.3, 0.4) is 0 Å². The summed E-state index contributed by atoms with van der Waals surface area (Å²) in [5, 5.41) is 5.66. The van der Waals surface area contributed by atoms with Crippen molar-refractivity contribution in [3.63, 3.8) is 0 Å². The smallest absolute Gasteiger partial charge is 0.266 e. The Hall–Kier alpha value is -1.76. The number of hydrogen-bond donors (Lipinski definition) is 1. The highest BCUT2D eigenvalue weighted by atomic mass is 79.9. The third-order valence-electron chi connectivity index (χ3n) is 2.17. The first-order chi connectivity index (χ1) is 8.08. The van der Waals surface area contributed by atoms with E-state index in [2.05, 4.69) is 26.1 Å². The first kappa shape index (κ1) is 11.7. The Bertz CT molecular complexity index is 648. The van der Waals surface area contributed by atoms with Crippen molar-refractivity contribution >= 4 is 15.9 Å². The van der Waals surface area contributed by atoms with E-state index in [0.29, 0.717) is 5.56 Å². The fourth-order valence-corrected chi connectivity index (χ4v) is 1.63. The molecule has 0 fully saturated rings. The SMILES string of the molecule is O=c1[nH]nc(Br)c(=O)n1Cc1ccc(F)cc1. The maximum absolute atomic E-state index is 12.7. The number of hydrogen-bond acceptors (Lipinski definition) is 3. The summed E-state index contributed by atoms with van der Waals surface area (Å²) in [6.07, 6.45) is 0. The zero-order chi connectivity index (χ0) is 12.4. The maximum atomic E-state index is 12.7. The number of benzene rings is 1. The molecule has 0 bridgehead atoms. The molecule has 5 nitrogen and oxygen atoms in total. The van der Waals surface area contributed by atoms with Crippen molar-refractivity contribution in [2.24, 2.45) is 0 Å². The molecule has 88 valence electrons. The van der Waals surface area contributed by atoms with Crippen LogP contribution in [0.2, 0.25) is 0 Å². The largest absolute Gasteiger partial charge is 0.345 e. The molecule has 0 amide bonds. The van der Waals surface area contributed by atoms with Gasteiger partial charge in [-0.15, -0.1) is 0 Å². The monoisotopic (exact) mass is 299 g/mol. The van der Waals surface area contributed by atoms with Gasteiger partial charge in [-0.3, -0.25) is 9.36 Å². The summed E-state index contributed by atoms with van der Waals surface area (Å²) in [5.74, 6) is -0.370. The van der Waals surface area contributed by atoms with Crippen molar-refractivity contribution in [1.29, 1.82) is 0 Å². The summed E-state index contributed by atoms with van der Waals surface area (Å²) < 4.78 is 13.7. The fraction of sp³-hybridized carbons (Fsp3) is 0.100. The molecule has 0 aliphatic heterocycles. The van der Waals surface area contributed by atoms with Gasteiger partial charge in [-0.1, -0.05) is 12.1 Å². The minimum atomic E-state index is -0.609. The van der Waals surface area contributed by atoms with Crippen LogP contribution in [-0.2, 0) is 6.54 Å². The highest BCUT2D eigenvalue weighted by Gasteiger charge is 2.06. The van der Waals surface area contributed by atoms with E-state index in [1.165, 1.54) is 24.3 Å². The van der Waals surface area contributed by atoms with Crippen molar-refractivity contribution in [2.75, 3.05) is 0 Å². The molecule has 7 heteroatoms. The lowest BCUT2D eigenvalue weighted by molar-refractivity contribution is 0.623. The van der Waals surface area contributed by atoms with Gasteiger partial charge in [0.15, 0.2) is 4.60 Å². The Labute approximate surface area is 103 Å². The second kappa shape index (κ2) is 4.62. The number of nitrogens with one attached hydrogen (secondary N) is 1. The molecule has 2 aromatic rings. The van der Waals surface area contributed by atoms with Crippen LogP contribution in [0.1, 0.15) is 5.56 Å². The van der Waals surface area contributed by atoms with Crippen LogP contribution < -0.4 is 11.2 Å². The highest BCUT2D eigenvalue weighted by Crippen LogP contribution is 2.03. The van der Waals surface area contributed by atoms with Crippen LogP contribution in [0.5, 0.6) is 0 Å². The van der Waals surface area contributed by atoms with Gasteiger partial charge in [-0.05, 0) is 33.6 Å². The quantitative estimate of drug-likeness (QED) is 0.895. The molecule has 0 saturated carbocycles. The lowest BCUT2D eigenvalue weighted by Crippen LogP contribution is -2.36. The van der Waals surface area contributed by atoms with Crippen LogP contribution in [-0.4, -0.2) is 14.8 Å². The number of aromatic nitrogens is 3. The molecular weight excluding hydrogens is 293 g/mol. The molecule has 17 heavy (non-hydrogen) atoms. The van der Waals surface area contributed by atoms with E-state index in [1.807, 2.05) is 0 Å². The van der Waals surface area contributed by atoms with E-state index in [4.69, 9.17) is 0 Å². The third-order valence-corrected chi connectivity index (χ3v) is 2.69. The summed E-state index contributed by atoms with van der Waals surface area (Å²) in [4.78, 5) is 23.0. The van der Waals surface area contributed by atoms with Gasteiger partial charge >= 0.3 is 5.69 Å². The molecule has 0 atom stereocenters. The van der Waals surface area contributed by atoms with Crippen molar-refractivity contribution in [3.8, 4) is 0 Å². The summed E-state index contributed by atoms with van der Waals surface area (Å²) in [6.45, 7) is 0.0650. The molecule has 1 heterocycles. The minimum absolute atomic E-state index is 0.0270. The highest BCUT2D eigenvalue weighted by molar-refractivity contribution is 9.10. The first-order valence-corrected chi connectivity index (χ1v) is 5.46. The normalized spacial score (nSPS) is 10.5. The molecule has 0 spiro atoms. The molecule has 1 aromatic heterocycles. The number of nitrogens with zero attached hydrogens (tertiary/aromatic N) is 2. The molecule has 1 N–H and O–H groups in total. The third kappa shape index (κ3) is 2.50. The van der Waals surface area contributed by atoms with Gasteiger partial charge in [-0.25, -0.2) is 14.3 Å². The Morgan fingerprint density at radius 2 is 1.94 bits per heavy atom. The van der Waals surface area contributed by atoms with Gasteiger partial charge in [0.2, 0.25) is 0 Å². The standard InChI is InChI=1S/C10H7BrFN3O2/c11-8-9(16)15(10(17)14-13-8)5-6-1-3-7(12)4-2-6/h1-4H,5H2,(H,14,17). The van der Waals surface area contributed by atoms with E-state index >= 15 is 0 Å². The zero-order valence-electron chi connectivity index (χ0n) is 8.48. The molecule has 1 aromatic carbocycles. The maximum Gasteiger partial charge on any atom is 0.345 e. The fourth-order valence-electron chi connectivity index (χ4n) is 1.32. The predicted molar refractivity (Wildman–Crippen MR) is 62.3 cm³/mol. The van der Waals surface area contributed by atoms with Crippen molar-refractivity contribution in [3.05, 3.63) is 61.1 Å². The molecule has 0 aliphatic carbocycles. The summed E-state index contributed by atoms with van der Waals surface area (Å²) in [7, 11) is 0. The van der Waals surface area contributed by atoms with Crippen LogP contribution in [0, 0.1) is 5.82 Å². The molecular formula is C10H7BrFN3O2. The summed E-state index contributed by atoms with van der Waals surface area (Å²) >= 11 is 2.93. The zero-order valence-corrected chi connectivity index (χ0v) is 10.1. The van der Waals surface area contributed by atoms with Crippen LogP contribution >= 0.6 is 15.9 Å². The van der Waals surface area contributed by atoms with Gasteiger partial charge in [-0.2, -0.15) is 5.10 Å². The molecule has 0 saturated heterocycles. The number of aromatic amines is 1. The molecule has 0 aliphatic rings. The predicted octanol–water partition coefficient (Wildman–Crippen LogP) is 0.881. The molecule has 0 unspecified atom stereocenters. The van der Waals surface area contributed by atoms with E-state index in [1.54, 1.807) is 0 Å². The van der Waals surface area contributed by atoms with E-state index < -0.39 is 11.2 Å². The summed E-state index contributed by atoms with van der Waals surface area (Å²) in [5.41, 5.74) is -0.488. The first-order valence-electron chi connectivity index (χ1n) is 4.67. The van der Waals surface area contributed by atoms with Crippen LogP contribution in [0.4, 0.5) is 4.39 Å². The van der Waals surface area contributed by atoms with Crippen molar-refractivity contribution < 1.29 is 4.39 Å². The summed E-state index contributed by atoms with van der Waals surface area (Å²) in [6, 6.07) is 5.56. The van der Waals surface area contributed by atoms with Gasteiger partial charge in [0.1, 0.15) is 5.82 Å². The second-order valence-electron chi connectivity index (χ2n) is 3.34. The lowest BCUT2D eigenvalue weighted by atomic mass is 10.2. The molecule has 0 radical (unpaired) electrons. The number of H-pyrrole nitrogens is 1. The van der Waals surface area contributed by atoms with Gasteiger partial charge in [0.25, 0.3) is 5.56 Å². The topological polar surface area (TPSA) is 67.8 Å². The van der Waals surface area contributed by atoms with E-state index in [0.717, 1.165) is 4.57 Å². The van der Waals surface area contributed by atoms with E-state index in [-0.39, 0.29) is 17.0 Å². The Morgan fingerprint density at radius 1 is 1.29 bits per heavy atom.